The van der Waals surface area contributed by atoms with Gasteiger partial charge in [-0.15, -0.1) is 0 Å². The number of imide groups is 1. The van der Waals surface area contributed by atoms with Gasteiger partial charge in [0.2, 0.25) is 0 Å². The van der Waals surface area contributed by atoms with Crippen LogP contribution in [0.1, 0.15) is 13.8 Å². The van der Waals surface area contributed by atoms with Gasteiger partial charge in [0.15, 0.2) is 17.0 Å². The Morgan fingerprint density at radius 2 is 2.12 bits per heavy atom. The number of fused-ring (bicyclic) bond motifs is 1. The van der Waals surface area contributed by atoms with E-state index in [1.807, 2.05) is 4.90 Å². The van der Waals surface area contributed by atoms with Crippen LogP contribution in [-0.4, -0.2) is 52.3 Å². The predicted octanol–water partition coefficient (Wildman–Crippen LogP) is 0.585. The van der Waals surface area contributed by atoms with Gasteiger partial charge in [-0.2, -0.15) is 0 Å². The quantitative estimate of drug-likeness (QED) is 0.759. The number of nitrogens with zero attached hydrogens (tertiary/aromatic N) is 3. The summed E-state index contributed by atoms with van der Waals surface area (Å²) in [6, 6.07) is -0.818. The molecule has 0 aromatic carbocycles. The van der Waals surface area contributed by atoms with E-state index < -0.39 is 18.2 Å². The van der Waals surface area contributed by atoms with E-state index in [1.54, 1.807) is 7.05 Å². The Hall–Kier alpha value is -1.11. The summed E-state index contributed by atoms with van der Waals surface area (Å²) < 4.78 is 0.637. The minimum atomic E-state index is -0.427. The number of carbonyl (C=O) groups excluding carboxylic acids is 2. The number of hydrogen-bond acceptors (Lipinski definition) is 4. The first-order valence-corrected chi connectivity index (χ1v) is 6.28. The summed E-state index contributed by atoms with van der Waals surface area (Å²) in [6.07, 6.45) is -0.427. The van der Waals surface area contributed by atoms with Crippen LogP contribution < -0.4 is 5.32 Å². The number of likely N-dealkylation sites (N-methyl/N-ethyl adjacent to an activating group) is 1. The lowest BCUT2D eigenvalue weighted by molar-refractivity contribution is -0.127. The third kappa shape index (κ3) is 2.03. The van der Waals surface area contributed by atoms with E-state index in [4.69, 9.17) is 0 Å². The first-order chi connectivity index (χ1) is 7.91. The van der Waals surface area contributed by atoms with Gasteiger partial charge in [0.05, 0.1) is 0 Å². The molecule has 0 saturated carbocycles. The molecule has 17 heavy (non-hydrogen) atoms. The van der Waals surface area contributed by atoms with E-state index in [1.165, 1.54) is 4.90 Å². The molecule has 6 nitrogen and oxygen atoms in total. The molecule has 0 radical (unpaired) electrons. The van der Waals surface area contributed by atoms with Gasteiger partial charge in [-0.05, 0) is 21.8 Å². The zero-order valence-corrected chi connectivity index (χ0v) is 11.6. The molecule has 2 heterocycles. The summed E-state index contributed by atoms with van der Waals surface area (Å²) in [7, 11) is 1.64. The van der Waals surface area contributed by atoms with E-state index in [9.17, 15) is 9.59 Å². The van der Waals surface area contributed by atoms with Gasteiger partial charge in [-0.25, -0.2) is 9.79 Å². The molecule has 3 amide bonds. The van der Waals surface area contributed by atoms with Crippen molar-refractivity contribution in [2.75, 3.05) is 13.6 Å². The number of amides is 3. The molecule has 7 heteroatoms. The lowest BCUT2D eigenvalue weighted by Crippen LogP contribution is -2.63. The third-order valence-electron chi connectivity index (χ3n) is 2.87. The maximum absolute atomic E-state index is 11.9. The highest BCUT2D eigenvalue weighted by Gasteiger charge is 2.47. The van der Waals surface area contributed by atoms with Gasteiger partial charge >= 0.3 is 6.03 Å². The smallest absolute Gasteiger partial charge is 0.325 e. The van der Waals surface area contributed by atoms with Crippen molar-refractivity contribution >= 4 is 32.6 Å². The largest absolute Gasteiger partial charge is 0.335 e. The molecule has 0 aliphatic carbocycles. The van der Waals surface area contributed by atoms with Crippen LogP contribution in [0.15, 0.2) is 4.99 Å². The number of halogens is 1. The van der Waals surface area contributed by atoms with Crippen molar-refractivity contribution in [3.8, 4) is 0 Å². The van der Waals surface area contributed by atoms with E-state index >= 15 is 0 Å². The second-order valence-electron chi connectivity index (χ2n) is 4.71. The predicted molar refractivity (Wildman–Crippen MR) is 66.8 cm³/mol. The van der Waals surface area contributed by atoms with Gasteiger partial charge < -0.3 is 9.80 Å². The number of amidine groups is 1. The Balaban J connectivity index is 2.26. The summed E-state index contributed by atoms with van der Waals surface area (Å²) in [5.74, 6) is 0.129. The molecule has 0 bridgehead atoms. The molecular formula is C10H15BrN4O2. The third-order valence-corrected chi connectivity index (χ3v) is 3.53. The molecule has 0 aromatic rings. The number of hydrogen-bond donors (Lipinski definition) is 1. The molecule has 2 aliphatic heterocycles. The number of carbonyl (C=O) groups is 2. The Morgan fingerprint density at radius 3 is 2.71 bits per heavy atom. The van der Waals surface area contributed by atoms with Gasteiger partial charge in [-0.1, -0.05) is 13.8 Å². The fraction of sp³-hybridized carbons (Fsp3) is 0.700. The first kappa shape index (κ1) is 12.3. The van der Waals surface area contributed by atoms with Crippen LogP contribution in [0.5, 0.6) is 0 Å². The van der Waals surface area contributed by atoms with Gasteiger partial charge in [0.1, 0.15) is 0 Å². The first-order valence-electron chi connectivity index (χ1n) is 5.49. The lowest BCUT2D eigenvalue weighted by atomic mass is 10.1. The van der Waals surface area contributed by atoms with E-state index in [0.717, 1.165) is 6.54 Å². The van der Waals surface area contributed by atoms with Crippen LogP contribution >= 0.6 is 15.9 Å². The zero-order valence-electron chi connectivity index (χ0n) is 9.98. The lowest BCUT2D eigenvalue weighted by Gasteiger charge is -2.36. The average molecular weight is 303 g/mol. The van der Waals surface area contributed by atoms with Crippen molar-refractivity contribution in [1.29, 1.82) is 0 Å². The summed E-state index contributed by atoms with van der Waals surface area (Å²) in [5, 5.41) is 2.34. The molecule has 1 N–H and O–H groups in total. The summed E-state index contributed by atoms with van der Waals surface area (Å²) in [4.78, 5) is 31.0. The topological polar surface area (TPSA) is 65.0 Å². The van der Waals surface area contributed by atoms with Crippen molar-refractivity contribution in [3.63, 3.8) is 0 Å². The number of nitrogens with one attached hydrogen (secondary N) is 1. The Labute approximate surface area is 108 Å². The summed E-state index contributed by atoms with van der Waals surface area (Å²) in [5.41, 5.74) is 0. The summed E-state index contributed by atoms with van der Waals surface area (Å²) >= 11 is 3.36. The van der Waals surface area contributed by atoms with Gasteiger partial charge in [0, 0.05) is 13.6 Å². The highest BCUT2D eigenvalue weighted by molar-refractivity contribution is 9.18. The molecule has 2 rings (SSSR count). The maximum atomic E-state index is 11.9. The number of aliphatic imine (C=N–C) groups is 1. The van der Waals surface area contributed by atoms with Crippen molar-refractivity contribution in [2.24, 2.45) is 10.9 Å². The maximum Gasteiger partial charge on any atom is 0.325 e. The molecular weight excluding hydrogens is 288 g/mol. The molecule has 2 atom stereocenters. The van der Waals surface area contributed by atoms with Gasteiger partial charge in [-0.3, -0.25) is 10.1 Å². The fourth-order valence-electron chi connectivity index (χ4n) is 2.07. The Morgan fingerprint density at radius 1 is 1.47 bits per heavy atom. The van der Waals surface area contributed by atoms with Crippen LogP contribution in [0, 0.1) is 5.92 Å². The van der Waals surface area contributed by atoms with E-state index in [-0.39, 0.29) is 5.91 Å². The van der Waals surface area contributed by atoms with Crippen LogP contribution in [0.4, 0.5) is 4.79 Å². The van der Waals surface area contributed by atoms with Crippen LogP contribution in [-0.2, 0) is 4.79 Å². The molecule has 0 aromatic heterocycles. The van der Waals surface area contributed by atoms with Gasteiger partial charge in [0.25, 0.3) is 5.91 Å². The molecule has 0 spiro atoms. The fourth-order valence-corrected chi connectivity index (χ4v) is 2.65. The molecule has 94 valence electrons. The Kier molecular flexibility index (Phi) is 3.11. The molecule has 2 unspecified atom stereocenters. The van der Waals surface area contributed by atoms with E-state index in [0.29, 0.717) is 10.7 Å². The minimum Gasteiger partial charge on any atom is -0.335 e. The van der Waals surface area contributed by atoms with Crippen LogP contribution in [0.2, 0.25) is 0 Å². The van der Waals surface area contributed by atoms with Crippen molar-refractivity contribution in [3.05, 3.63) is 0 Å². The molecule has 2 aliphatic rings. The second kappa shape index (κ2) is 4.29. The van der Waals surface area contributed by atoms with Crippen molar-refractivity contribution in [2.45, 2.75) is 26.1 Å². The highest BCUT2D eigenvalue weighted by Crippen LogP contribution is 2.26. The Bertz CT molecular complexity index is 396. The van der Waals surface area contributed by atoms with E-state index in [2.05, 4.69) is 40.1 Å². The molecule has 1 fully saturated rings. The van der Waals surface area contributed by atoms with Crippen LogP contribution in [0.3, 0.4) is 0 Å². The highest BCUT2D eigenvalue weighted by atomic mass is 79.9. The average Bonchev–Trinajstić information content (AvgIpc) is 2.53. The normalized spacial score (nSPS) is 28.4. The standard InChI is InChI=1S/C10H15BrN4O2/c1-5(2)4-15-6-7(12-9(15)11)14(3)10(17)13-8(6)16/h5-7H,4H2,1-3H3,(H,13,16,17). The monoisotopic (exact) mass is 302 g/mol. The van der Waals surface area contributed by atoms with Crippen molar-refractivity contribution < 1.29 is 9.59 Å². The number of rotatable bonds is 2. The molecule has 1 saturated heterocycles. The minimum absolute atomic E-state index is 0.281. The van der Waals surface area contributed by atoms with Crippen LogP contribution in [0.25, 0.3) is 0 Å². The number of urea groups is 1. The summed E-state index contributed by atoms with van der Waals surface area (Å²) in [6.45, 7) is 4.87. The second-order valence-corrected chi connectivity index (χ2v) is 5.42. The van der Waals surface area contributed by atoms with Crippen molar-refractivity contribution in [1.82, 2.24) is 15.1 Å². The zero-order chi connectivity index (χ0) is 12.7. The SMILES string of the molecule is CC(C)CN1C(Br)=NC2C1C(=O)NC(=O)N2C.